The molecule has 0 amide bonds. The van der Waals surface area contributed by atoms with Crippen molar-refractivity contribution in [1.29, 1.82) is 0 Å². The highest BCUT2D eigenvalue weighted by molar-refractivity contribution is 5.86. The topological polar surface area (TPSA) is 77.8 Å². The zero-order chi connectivity index (χ0) is 23.4. The molecule has 32 heavy (non-hydrogen) atoms. The Morgan fingerprint density at radius 3 is 2.28 bits per heavy atom. The quantitative estimate of drug-likeness (QED) is 0.471. The average Bonchev–Trinajstić information content (AvgIpc) is 2.75. The van der Waals surface area contributed by atoms with Gasteiger partial charge in [0, 0.05) is 11.3 Å². The minimum atomic E-state index is -0.847. The Labute approximate surface area is 192 Å². The number of carbonyl (C=O) groups excluding carboxylic acids is 1. The average molecular weight is 441 g/mol. The number of carbonyl (C=O) groups is 1. The molecule has 8 atom stereocenters. The first-order chi connectivity index (χ1) is 14.8. The molecule has 3 saturated carbocycles. The number of phenols is 2. The lowest BCUT2D eigenvalue weighted by Gasteiger charge is -2.71. The Morgan fingerprint density at radius 1 is 0.969 bits per heavy atom. The molecule has 176 valence electrons. The maximum absolute atomic E-state index is 12.7. The van der Waals surface area contributed by atoms with E-state index in [4.69, 9.17) is 0 Å². The van der Waals surface area contributed by atoms with Crippen LogP contribution in [0.25, 0.3) is 0 Å². The molecule has 3 N–H and O–H groups in total. The van der Waals surface area contributed by atoms with Crippen molar-refractivity contribution in [1.82, 2.24) is 0 Å². The fourth-order valence-electron chi connectivity index (χ4n) is 9.37. The predicted octanol–water partition coefficient (Wildman–Crippen LogP) is 5.42. The minimum Gasteiger partial charge on any atom is -0.504 e. The Hall–Kier alpha value is -1.55. The van der Waals surface area contributed by atoms with Crippen LogP contribution in [0.1, 0.15) is 89.8 Å². The number of aromatic hydroxyl groups is 2. The molecule has 0 radical (unpaired) electrons. The van der Waals surface area contributed by atoms with E-state index in [2.05, 4.69) is 27.7 Å². The van der Waals surface area contributed by atoms with Crippen molar-refractivity contribution in [2.75, 3.05) is 0 Å². The summed E-state index contributed by atoms with van der Waals surface area (Å²) in [4.78, 5) is 12.7. The summed E-state index contributed by atoms with van der Waals surface area (Å²) >= 11 is 0. The van der Waals surface area contributed by atoms with Gasteiger partial charge in [0.1, 0.15) is 6.10 Å². The highest BCUT2D eigenvalue weighted by Crippen LogP contribution is 2.74. The minimum absolute atomic E-state index is 0.000530. The van der Waals surface area contributed by atoms with E-state index in [1.807, 2.05) is 19.9 Å². The summed E-state index contributed by atoms with van der Waals surface area (Å²) in [5.74, 6) is 0.789. The SMILES string of the molecule is Cc1c(O)c(O)cc2c1CCC1[C@@]2(C)CC[C@@]2(C)[C@@H]3C[C@@H](C)C(=O)[C@@H](O)[C@]3(C)CC[C@]12C. The number of aliphatic hydroxyl groups excluding tert-OH is 1. The molecule has 0 saturated heterocycles. The molecule has 4 aliphatic carbocycles. The molecule has 1 aromatic carbocycles. The second kappa shape index (κ2) is 6.52. The lowest BCUT2D eigenvalue weighted by atomic mass is 9.33. The van der Waals surface area contributed by atoms with E-state index in [-0.39, 0.29) is 44.9 Å². The molecule has 1 aromatic rings. The number of ketones is 1. The summed E-state index contributed by atoms with van der Waals surface area (Å²) in [6.07, 6.45) is 6.06. The molecule has 0 bridgehead atoms. The van der Waals surface area contributed by atoms with Crippen molar-refractivity contribution >= 4 is 5.78 Å². The van der Waals surface area contributed by atoms with Crippen molar-refractivity contribution in [3.05, 3.63) is 22.8 Å². The van der Waals surface area contributed by atoms with E-state index in [1.165, 1.54) is 11.1 Å². The van der Waals surface area contributed by atoms with Gasteiger partial charge in [-0.05, 0) is 103 Å². The van der Waals surface area contributed by atoms with E-state index in [9.17, 15) is 20.1 Å². The summed E-state index contributed by atoms with van der Waals surface area (Å²) in [6, 6.07) is 1.84. The second-order valence-corrected chi connectivity index (χ2v) is 12.7. The van der Waals surface area contributed by atoms with Gasteiger partial charge < -0.3 is 15.3 Å². The van der Waals surface area contributed by atoms with Gasteiger partial charge in [-0.3, -0.25) is 4.79 Å². The molecular formula is C28H40O4. The summed E-state index contributed by atoms with van der Waals surface area (Å²) < 4.78 is 0. The lowest BCUT2D eigenvalue weighted by molar-refractivity contribution is -0.224. The second-order valence-electron chi connectivity index (χ2n) is 12.7. The molecule has 0 aromatic heterocycles. The van der Waals surface area contributed by atoms with Crippen molar-refractivity contribution < 1.29 is 20.1 Å². The zero-order valence-electron chi connectivity index (χ0n) is 20.6. The van der Waals surface area contributed by atoms with E-state index >= 15 is 0 Å². The number of fused-ring (bicyclic) bond motifs is 7. The fraction of sp³-hybridized carbons (Fsp3) is 0.750. The van der Waals surface area contributed by atoms with E-state index in [0.29, 0.717) is 11.8 Å². The molecule has 4 nitrogen and oxygen atoms in total. The molecule has 5 rings (SSSR count). The number of Topliss-reactive ketones (excluding diaryl/α,β-unsaturated/α-hetero) is 1. The van der Waals surface area contributed by atoms with Crippen LogP contribution in [-0.2, 0) is 16.6 Å². The Kier molecular flexibility index (Phi) is 4.54. The van der Waals surface area contributed by atoms with Gasteiger partial charge in [0.05, 0.1) is 0 Å². The molecule has 4 aliphatic rings. The lowest BCUT2D eigenvalue weighted by Crippen LogP contribution is -2.68. The van der Waals surface area contributed by atoms with Gasteiger partial charge in [-0.1, -0.05) is 34.6 Å². The van der Waals surface area contributed by atoms with Gasteiger partial charge >= 0.3 is 0 Å². The van der Waals surface area contributed by atoms with Gasteiger partial charge in [0.25, 0.3) is 0 Å². The number of hydrogen-bond acceptors (Lipinski definition) is 4. The Bertz CT molecular complexity index is 1000. The Balaban J connectivity index is 1.62. The standard InChI is InChI=1S/C28H40O4/c1-15-13-21-26(4,24(32)22(15)30)10-12-27(5)20-8-7-17-16(2)23(31)19(29)14-18(17)25(20,3)9-11-28(21,27)6/h14-15,20-21,24,29,31-32H,7-13H2,1-6H3/t15-,20?,21-,24-,25+,26-,27-,28+/m1/s1. The molecule has 3 fully saturated rings. The third kappa shape index (κ3) is 2.40. The van der Waals surface area contributed by atoms with Gasteiger partial charge in [-0.15, -0.1) is 0 Å². The van der Waals surface area contributed by atoms with E-state index < -0.39 is 6.10 Å². The van der Waals surface area contributed by atoms with Crippen LogP contribution >= 0.6 is 0 Å². The maximum Gasteiger partial charge on any atom is 0.164 e. The number of rotatable bonds is 0. The number of hydrogen-bond donors (Lipinski definition) is 3. The summed E-state index contributed by atoms with van der Waals surface area (Å²) in [7, 11) is 0. The molecular weight excluding hydrogens is 400 g/mol. The fourth-order valence-corrected chi connectivity index (χ4v) is 9.37. The maximum atomic E-state index is 12.7. The third-order valence-corrected chi connectivity index (χ3v) is 11.7. The van der Waals surface area contributed by atoms with E-state index in [1.54, 1.807) is 0 Å². The van der Waals surface area contributed by atoms with Gasteiger partial charge in [0.2, 0.25) is 0 Å². The normalized spacial score (nSPS) is 47.8. The van der Waals surface area contributed by atoms with Crippen LogP contribution in [0.5, 0.6) is 11.5 Å². The third-order valence-electron chi connectivity index (χ3n) is 11.7. The Morgan fingerprint density at radius 2 is 1.59 bits per heavy atom. The molecule has 0 spiro atoms. The van der Waals surface area contributed by atoms with Gasteiger partial charge in [-0.2, -0.15) is 0 Å². The van der Waals surface area contributed by atoms with Crippen molar-refractivity contribution in [3.63, 3.8) is 0 Å². The van der Waals surface area contributed by atoms with Crippen molar-refractivity contribution in [2.45, 2.75) is 98.0 Å². The first kappa shape index (κ1) is 22.3. The highest BCUT2D eigenvalue weighted by Gasteiger charge is 2.69. The number of phenolic OH excluding ortho intramolecular Hbond substituents is 2. The van der Waals surface area contributed by atoms with Crippen LogP contribution < -0.4 is 0 Å². The van der Waals surface area contributed by atoms with Crippen LogP contribution in [0, 0.1) is 40.9 Å². The molecule has 0 aliphatic heterocycles. The van der Waals surface area contributed by atoms with Crippen LogP contribution in [-0.4, -0.2) is 27.2 Å². The van der Waals surface area contributed by atoms with Gasteiger partial charge in [0.15, 0.2) is 17.3 Å². The van der Waals surface area contributed by atoms with Crippen LogP contribution in [0.2, 0.25) is 0 Å². The van der Waals surface area contributed by atoms with E-state index in [0.717, 1.165) is 50.5 Å². The van der Waals surface area contributed by atoms with Crippen molar-refractivity contribution in [3.8, 4) is 11.5 Å². The molecule has 4 heteroatoms. The zero-order valence-corrected chi connectivity index (χ0v) is 20.6. The molecule has 0 heterocycles. The highest BCUT2D eigenvalue weighted by atomic mass is 16.3. The van der Waals surface area contributed by atoms with Crippen LogP contribution in [0.4, 0.5) is 0 Å². The number of benzene rings is 1. The molecule has 1 unspecified atom stereocenters. The smallest absolute Gasteiger partial charge is 0.164 e. The van der Waals surface area contributed by atoms with Gasteiger partial charge in [-0.25, -0.2) is 0 Å². The summed E-state index contributed by atoms with van der Waals surface area (Å²) in [5.41, 5.74) is 3.06. The first-order valence-electron chi connectivity index (χ1n) is 12.6. The summed E-state index contributed by atoms with van der Waals surface area (Å²) in [6.45, 7) is 13.4. The number of aliphatic hydroxyl groups is 1. The van der Waals surface area contributed by atoms with Crippen LogP contribution in [0.15, 0.2) is 6.07 Å². The monoisotopic (exact) mass is 440 g/mol. The summed E-state index contributed by atoms with van der Waals surface area (Å²) in [5, 5.41) is 31.9. The largest absolute Gasteiger partial charge is 0.504 e. The van der Waals surface area contributed by atoms with Crippen LogP contribution in [0.3, 0.4) is 0 Å². The first-order valence-corrected chi connectivity index (χ1v) is 12.6. The predicted molar refractivity (Wildman–Crippen MR) is 125 cm³/mol. The van der Waals surface area contributed by atoms with Crippen molar-refractivity contribution in [2.24, 2.45) is 34.0 Å².